The Balaban J connectivity index is 1.85. The molecule has 1 saturated heterocycles. The van der Waals surface area contributed by atoms with Crippen LogP contribution in [0, 0.1) is 0 Å². The maximum Gasteiger partial charge on any atom is 0.244 e. The molecule has 1 fully saturated rings. The van der Waals surface area contributed by atoms with Crippen LogP contribution in [0.2, 0.25) is 0 Å². The van der Waals surface area contributed by atoms with E-state index in [1.807, 2.05) is 0 Å². The van der Waals surface area contributed by atoms with Gasteiger partial charge in [-0.15, -0.1) is 0 Å². The van der Waals surface area contributed by atoms with Crippen LogP contribution in [0.25, 0.3) is 6.08 Å². The third kappa shape index (κ3) is 6.17. The predicted molar refractivity (Wildman–Crippen MR) is 107 cm³/mol. The Kier molecular flexibility index (Phi) is 8.45. The Morgan fingerprint density at radius 2 is 1.85 bits per heavy atom. The lowest BCUT2D eigenvalue weighted by atomic mass is 10.0. The van der Waals surface area contributed by atoms with E-state index >= 15 is 0 Å². The molecule has 1 aromatic carbocycles. The number of amides is 1. The molecule has 0 saturated carbocycles. The Morgan fingerprint density at radius 1 is 1.15 bits per heavy atom. The minimum Gasteiger partial charge on any atom is -0.496 e. The normalized spacial score (nSPS) is 19.7. The van der Waals surface area contributed by atoms with Crippen LogP contribution in [0.3, 0.4) is 0 Å². The minimum atomic E-state index is -0.103. The van der Waals surface area contributed by atoms with E-state index in [-0.39, 0.29) is 5.91 Å². The van der Waals surface area contributed by atoms with Crippen molar-refractivity contribution in [3.63, 3.8) is 0 Å². The number of hydrogen-bond donors (Lipinski definition) is 2. The van der Waals surface area contributed by atoms with Gasteiger partial charge in [-0.3, -0.25) is 4.79 Å². The number of carbonyl (C=O) groups is 1. The van der Waals surface area contributed by atoms with E-state index in [4.69, 9.17) is 14.2 Å². The number of benzene rings is 1. The Hall–Kier alpha value is -2.21. The van der Waals surface area contributed by atoms with Crippen LogP contribution in [0.1, 0.15) is 38.2 Å². The third-order valence-corrected chi connectivity index (χ3v) is 5.21. The molecule has 1 heterocycles. The maximum absolute atomic E-state index is 12.1. The van der Waals surface area contributed by atoms with Crippen molar-refractivity contribution in [2.24, 2.45) is 0 Å². The van der Waals surface area contributed by atoms with Gasteiger partial charge in [-0.05, 0) is 38.3 Å². The molecule has 2 rings (SSSR count). The maximum atomic E-state index is 12.1. The molecule has 0 aliphatic carbocycles. The second-order valence-corrected chi connectivity index (χ2v) is 6.98. The van der Waals surface area contributed by atoms with Crippen molar-refractivity contribution in [2.75, 3.05) is 41.0 Å². The smallest absolute Gasteiger partial charge is 0.244 e. The van der Waals surface area contributed by atoms with Crippen molar-refractivity contribution < 1.29 is 23.9 Å². The zero-order chi connectivity index (χ0) is 19.6. The van der Waals surface area contributed by atoms with Crippen LogP contribution in [0.15, 0.2) is 18.2 Å². The van der Waals surface area contributed by atoms with E-state index < -0.39 is 0 Å². The lowest BCUT2D eigenvalue weighted by Crippen LogP contribution is -3.16. The number of methoxy groups -OCH3 is 3. The number of ether oxygens (including phenoxy) is 3. The van der Waals surface area contributed by atoms with Gasteiger partial charge in [0.2, 0.25) is 5.91 Å². The standard InChI is InChI=1S/C21H32N2O4/c1-16-8-5-6-12-23(16)13-7-11-22-21(24)10-9-17-14-19(26-3)20(27-4)15-18(17)25-2/h9-10,14-16H,5-8,11-13H2,1-4H3,(H,22,24)/p+1/b10-9+/t16-/m0/s1. The summed E-state index contributed by atoms with van der Waals surface area (Å²) in [5.41, 5.74) is 0.761. The van der Waals surface area contributed by atoms with Gasteiger partial charge in [0.15, 0.2) is 11.5 Å². The molecule has 2 N–H and O–H groups in total. The molecule has 2 atom stereocenters. The molecular weight excluding hydrogens is 344 g/mol. The van der Waals surface area contributed by atoms with Gasteiger partial charge >= 0.3 is 0 Å². The highest BCUT2D eigenvalue weighted by Gasteiger charge is 2.20. The predicted octanol–water partition coefficient (Wildman–Crippen LogP) is 1.69. The summed E-state index contributed by atoms with van der Waals surface area (Å²) in [6.07, 6.45) is 8.25. The molecule has 0 bridgehead atoms. The topological polar surface area (TPSA) is 61.2 Å². The largest absolute Gasteiger partial charge is 0.496 e. The lowest BCUT2D eigenvalue weighted by Gasteiger charge is -2.30. The molecule has 0 spiro atoms. The van der Waals surface area contributed by atoms with Crippen molar-refractivity contribution in [1.82, 2.24) is 5.32 Å². The van der Waals surface area contributed by atoms with Crippen LogP contribution in [-0.4, -0.2) is 52.9 Å². The van der Waals surface area contributed by atoms with Crippen LogP contribution < -0.4 is 24.4 Å². The monoisotopic (exact) mass is 377 g/mol. The summed E-state index contributed by atoms with van der Waals surface area (Å²) in [4.78, 5) is 13.8. The Bertz CT molecular complexity index is 645. The number of nitrogens with one attached hydrogen (secondary N) is 2. The zero-order valence-electron chi connectivity index (χ0n) is 17.0. The second-order valence-electron chi connectivity index (χ2n) is 6.98. The van der Waals surface area contributed by atoms with E-state index in [0.717, 1.165) is 24.6 Å². The van der Waals surface area contributed by atoms with Gasteiger partial charge in [0, 0.05) is 30.7 Å². The molecule has 1 aliphatic heterocycles. The molecule has 1 amide bonds. The average Bonchev–Trinajstić information content (AvgIpc) is 2.70. The quantitative estimate of drug-likeness (QED) is 0.508. The molecule has 1 aromatic rings. The first-order valence-electron chi connectivity index (χ1n) is 9.69. The second kappa shape index (κ2) is 10.8. The van der Waals surface area contributed by atoms with Gasteiger partial charge in [0.25, 0.3) is 0 Å². The highest BCUT2D eigenvalue weighted by atomic mass is 16.5. The van der Waals surface area contributed by atoms with Crippen LogP contribution in [0.5, 0.6) is 17.2 Å². The number of piperidine rings is 1. The van der Waals surface area contributed by atoms with Gasteiger partial charge in [-0.25, -0.2) is 0 Å². The van der Waals surface area contributed by atoms with E-state index in [1.165, 1.54) is 31.9 Å². The first-order valence-corrected chi connectivity index (χ1v) is 9.69. The summed E-state index contributed by atoms with van der Waals surface area (Å²) in [6, 6.07) is 4.29. The third-order valence-electron chi connectivity index (χ3n) is 5.21. The van der Waals surface area contributed by atoms with Crippen LogP contribution in [-0.2, 0) is 4.79 Å². The van der Waals surface area contributed by atoms with Crippen molar-refractivity contribution in [3.05, 3.63) is 23.8 Å². The highest BCUT2D eigenvalue weighted by Crippen LogP contribution is 2.35. The summed E-state index contributed by atoms with van der Waals surface area (Å²) in [5.74, 6) is 1.70. The molecule has 0 radical (unpaired) electrons. The zero-order valence-corrected chi connectivity index (χ0v) is 17.0. The number of carbonyl (C=O) groups excluding carboxylic acids is 1. The van der Waals surface area contributed by atoms with Gasteiger partial charge in [-0.1, -0.05) is 0 Å². The van der Waals surface area contributed by atoms with Gasteiger partial charge in [0.1, 0.15) is 5.75 Å². The van der Waals surface area contributed by atoms with Crippen molar-refractivity contribution >= 4 is 12.0 Å². The molecule has 1 aliphatic rings. The fourth-order valence-electron chi connectivity index (χ4n) is 3.56. The molecular formula is C21H33N2O4+. The summed E-state index contributed by atoms with van der Waals surface area (Å²) in [7, 11) is 4.74. The molecule has 1 unspecified atom stereocenters. The first-order chi connectivity index (χ1) is 13.1. The van der Waals surface area contributed by atoms with E-state index in [0.29, 0.717) is 23.8 Å². The molecule has 6 heteroatoms. The SMILES string of the molecule is COc1cc(OC)c(OC)cc1/C=C/C(=O)NCCC[NH+]1CCCC[C@@H]1C. The fourth-order valence-corrected chi connectivity index (χ4v) is 3.56. The lowest BCUT2D eigenvalue weighted by molar-refractivity contribution is -0.928. The minimum absolute atomic E-state index is 0.103. The number of hydrogen-bond acceptors (Lipinski definition) is 4. The number of likely N-dealkylation sites (tertiary alicyclic amines) is 1. The number of rotatable bonds is 9. The summed E-state index contributed by atoms with van der Waals surface area (Å²) < 4.78 is 16.0. The Labute approximate surface area is 162 Å². The van der Waals surface area contributed by atoms with E-state index in [1.54, 1.807) is 44.4 Å². The molecule has 150 valence electrons. The highest BCUT2D eigenvalue weighted by molar-refractivity contribution is 5.92. The molecule has 27 heavy (non-hydrogen) atoms. The van der Waals surface area contributed by atoms with E-state index in [9.17, 15) is 4.79 Å². The van der Waals surface area contributed by atoms with Crippen molar-refractivity contribution in [2.45, 2.75) is 38.6 Å². The van der Waals surface area contributed by atoms with E-state index in [2.05, 4.69) is 12.2 Å². The molecule has 0 aromatic heterocycles. The van der Waals surface area contributed by atoms with Crippen LogP contribution >= 0.6 is 0 Å². The van der Waals surface area contributed by atoms with Crippen molar-refractivity contribution in [3.8, 4) is 17.2 Å². The molecule has 6 nitrogen and oxygen atoms in total. The summed E-state index contributed by atoms with van der Waals surface area (Å²) in [6.45, 7) is 5.40. The number of quaternary nitrogens is 1. The summed E-state index contributed by atoms with van der Waals surface area (Å²) >= 11 is 0. The average molecular weight is 378 g/mol. The summed E-state index contributed by atoms with van der Waals surface area (Å²) in [5, 5.41) is 2.96. The van der Waals surface area contributed by atoms with Gasteiger partial charge < -0.3 is 24.4 Å². The van der Waals surface area contributed by atoms with Crippen molar-refractivity contribution in [1.29, 1.82) is 0 Å². The Morgan fingerprint density at radius 3 is 2.52 bits per heavy atom. The fraction of sp³-hybridized carbons (Fsp3) is 0.571. The first kappa shape index (κ1) is 21.1. The van der Waals surface area contributed by atoms with Crippen LogP contribution in [0.4, 0.5) is 0 Å². The van der Waals surface area contributed by atoms with Gasteiger partial charge in [0.05, 0.1) is 40.5 Å². The van der Waals surface area contributed by atoms with Gasteiger partial charge in [-0.2, -0.15) is 0 Å².